The minimum absolute atomic E-state index is 0.0905. The maximum Gasteiger partial charge on any atom is 0.163 e. The Morgan fingerprint density at radius 1 is 1.14 bits per heavy atom. The molecule has 1 aromatic carbocycles. The quantitative estimate of drug-likeness (QED) is 0.721. The van der Waals surface area contributed by atoms with E-state index in [2.05, 4.69) is 36.6 Å². The zero-order valence-corrected chi connectivity index (χ0v) is 18.2. The topological polar surface area (TPSA) is 50.4 Å². The fourth-order valence-corrected chi connectivity index (χ4v) is 7.15. The van der Waals surface area contributed by atoms with Crippen molar-refractivity contribution in [3.8, 4) is 5.75 Å². The molecule has 6 rings (SSSR count). The first kappa shape index (κ1) is 19.0. The van der Waals surface area contributed by atoms with Crippen molar-refractivity contribution in [2.45, 2.75) is 64.3 Å². The number of hydrogen-bond acceptors (Lipinski definition) is 4. The molecule has 1 heterocycles. The molecule has 4 fully saturated rings. The molecule has 5 aliphatic rings. The summed E-state index contributed by atoms with van der Waals surface area (Å²) in [6.45, 7) is 4.41. The first-order valence-electron chi connectivity index (χ1n) is 11.2. The Labute approximate surface area is 174 Å². The Kier molecular flexibility index (Phi) is 4.27. The average Bonchev–Trinajstić information content (AvgIpc) is 2.65. The minimum atomic E-state index is -0.0938. The van der Waals surface area contributed by atoms with Gasteiger partial charge in [-0.15, -0.1) is 0 Å². The first-order chi connectivity index (χ1) is 13.8. The number of carbonyl (C=O) groups is 1. The van der Waals surface area contributed by atoms with Crippen LogP contribution in [-0.4, -0.2) is 25.5 Å². The second kappa shape index (κ2) is 6.52. The van der Waals surface area contributed by atoms with E-state index in [1.807, 2.05) is 13.1 Å². The molecule has 1 aromatic rings. The van der Waals surface area contributed by atoms with Crippen LogP contribution < -0.4 is 15.4 Å². The highest BCUT2D eigenvalue weighted by atomic mass is 16.5. The number of ketones is 1. The summed E-state index contributed by atoms with van der Waals surface area (Å²) in [7, 11) is 3.62. The summed E-state index contributed by atoms with van der Waals surface area (Å²) >= 11 is 0. The second-order valence-corrected chi connectivity index (χ2v) is 10.8. The average molecular weight is 395 g/mol. The lowest BCUT2D eigenvalue weighted by Gasteiger charge is -2.55. The second-order valence-electron chi connectivity index (χ2n) is 10.8. The van der Waals surface area contributed by atoms with E-state index in [4.69, 9.17) is 4.74 Å². The summed E-state index contributed by atoms with van der Waals surface area (Å²) in [6, 6.07) is 4.27. The zero-order chi connectivity index (χ0) is 20.4. The number of anilines is 1. The van der Waals surface area contributed by atoms with Gasteiger partial charge in [-0.1, -0.05) is 0 Å². The monoisotopic (exact) mass is 394 g/mol. The Morgan fingerprint density at radius 2 is 1.76 bits per heavy atom. The van der Waals surface area contributed by atoms with Gasteiger partial charge in [0.25, 0.3) is 0 Å². The van der Waals surface area contributed by atoms with Crippen LogP contribution in [-0.2, 0) is 11.2 Å². The van der Waals surface area contributed by atoms with Crippen LogP contribution in [0.1, 0.15) is 63.5 Å². The standard InChI is InChI=1S/C25H34N2O2/c1-24(2)14-18-8-22(29-4)21(26-3)9-19(18)20(27-24)10-23(28)25-11-15-5-16(12-25)7-17(6-15)13-25/h8-10,15-17,26-27H,5-7,11-14H2,1-4H3/b20-10-. The van der Waals surface area contributed by atoms with Crippen molar-refractivity contribution in [1.29, 1.82) is 0 Å². The fourth-order valence-electron chi connectivity index (χ4n) is 7.15. The zero-order valence-electron chi connectivity index (χ0n) is 18.2. The van der Waals surface area contributed by atoms with Crippen molar-refractivity contribution in [2.24, 2.45) is 23.2 Å². The molecule has 0 saturated heterocycles. The van der Waals surface area contributed by atoms with Crippen molar-refractivity contribution in [3.63, 3.8) is 0 Å². The number of carbonyl (C=O) groups excluding carboxylic acids is 1. The minimum Gasteiger partial charge on any atom is -0.495 e. The van der Waals surface area contributed by atoms with Gasteiger partial charge in [0.05, 0.1) is 12.8 Å². The molecular formula is C25H34N2O2. The van der Waals surface area contributed by atoms with Crippen LogP contribution in [0.3, 0.4) is 0 Å². The summed E-state index contributed by atoms with van der Waals surface area (Å²) in [5.74, 6) is 3.57. The third-order valence-electron chi connectivity index (χ3n) is 7.93. The lowest BCUT2D eigenvalue weighted by atomic mass is 9.48. The molecule has 0 atom stereocenters. The Bertz CT molecular complexity index is 848. The Hall–Kier alpha value is -1.97. The van der Waals surface area contributed by atoms with Gasteiger partial charge in [-0.25, -0.2) is 0 Å². The van der Waals surface area contributed by atoms with Gasteiger partial charge in [0.15, 0.2) is 5.78 Å². The van der Waals surface area contributed by atoms with E-state index in [1.165, 1.54) is 24.8 Å². The molecule has 4 aliphatic carbocycles. The van der Waals surface area contributed by atoms with E-state index in [0.717, 1.165) is 66.1 Å². The maximum atomic E-state index is 13.7. The predicted molar refractivity (Wildman–Crippen MR) is 117 cm³/mol. The van der Waals surface area contributed by atoms with Gasteiger partial charge in [0.1, 0.15) is 5.75 Å². The first-order valence-corrected chi connectivity index (χ1v) is 11.2. The van der Waals surface area contributed by atoms with Gasteiger partial charge in [-0.2, -0.15) is 0 Å². The number of benzene rings is 1. The molecule has 1 aliphatic heterocycles. The number of ether oxygens (including phenoxy) is 1. The van der Waals surface area contributed by atoms with Gasteiger partial charge >= 0.3 is 0 Å². The molecule has 0 amide bonds. The highest BCUT2D eigenvalue weighted by molar-refractivity contribution is 6.01. The molecule has 4 heteroatoms. The van der Waals surface area contributed by atoms with Crippen LogP contribution in [0.5, 0.6) is 5.75 Å². The number of rotatable bonds is 4. The van der Waals surface area contributed by atoms with Gasteiger partial charge in [-0.05, 0) is 94.2 Å². The van der Waals surface area contributed by atoms with Crippen molar-refractivity contribution in [1.82, 2.24) is 5.32 Å². The molecule has 2 N–H and O–H groups in total. The van der Waals surface area contributed by atoms with Crippen LogP contribution in [0.4, 0.5) is 5.69 Å². The third-order valence-corrected chi connectivity index (χ3v) is 7.93. The van der Waals surface area contributed by atoms with Crippen molar-refractivity contribution < 1.29 is 9.53 Å². The normalized spacial score (nSPS) is 35.2. The van der Waals surface area contributed by atoms with Gasteiger partial charge in [0, 0.05) is 35.3 Å². The molecule has 0 spiro atoms. The summed E-state index contributed by atoms with van der Waals surface area (Å²) in [4.78, 5) is 13.7. The van der Waals surface area contributed by atoms with E-state index in [-0.39, 0.29) is 11.0 Å². The number of allylic oxidation sites excluding steroid dienone is 1. The van der Waals surface area contributed by atoms with Crippen LogP contribution in [0.25, 0.3) is 5.70 Å². The number of nitrogens with one attached hydrogen (secondary N) is 2. The molecule has 0 unspecified atom stereocenters. The summed E-state index contributed by atoms with van der Waals surface area (Å²) < 4.78 is 5.58. The van der Waals surface area contributed by atoms with Crippen molar-refractivity contribution in [2.75, 3.05) is 19.5 Å². The molecule has 4 saturated carbocycles. The number of hydrogen-bond donors (Lipinski definition) is 2. The van der Waals surface area contributed by atoms with Crippen LogP contribution in [0.15, 0.2) is 18.2 Å². The smallest absolute Gasteiger partial charge is 0.163 e. The van der Waals surface area contributed by atoms with E-state index in [1.54, 1.807) is 7.11 Å². The SMILES string of the molecule is CNc1cc2c(cc1OC)CC(C)(C)N/C2=C\C(=O)C12CC3CC(CC(C3)C1)C2. The molecule has 0 radical (unpaired) electrons. The molecule has 156 valence electrons. The molecular weight excluding hydrogens is 360 g/mol. The Balaban J connectivity index is 1.54. The summed E-state index contributed by atoms with van der Waals surface area (Å²) in [5, 5.41) is 6.91. The largest absolute Gasteiger partial charge is 0.495 e. The lowest BCUT2D eigenvalue weighted by molar-refractivity contribution is -0.138. The number of fused-ring (bicyclic) bond motifs is 1. The van der Waals surface area contributed by atoms with Gasteiger partial charge in [-0.3, -0.25) is 4.79 Å². The van der Waals surface area contributed by atoms with Crippen LogP contribution in [0, 0.1) is 23.2 Å². The van der Waals surface area contributed by atoms with Gasteiger partial charge in [0.2, 0.25) is 0 Å². The van der Waals surface area contributed by atoms with E-state index in [9.17, 15) is 4.79 Å². The molecule has 29 heavy (non-hydrogen) atoms. The lowest BCUT2D eigenvalue weighted by Crippen LogP contribution is -2.50. The Morgan fingerprint density at radius 3 is 2.31 bits per heavy atom. The maximum absolute atomic E-state index is 13.7. The highest BCUT2D eigenvalue weighted by Gasteiger charge is 2.54. The third kappa shape index (κ3) is 3.15. The number of methoxy groups -OCH3 is 1. The van der Waals surface area contributed by atoms with Crippen molar-refractivity contribution >= 4 is 17.2 Å². The molecule has 4 bridgehead atoms. The predicted octanol–water partition coefficient (Wildman–Crippen LogP) is 4.79. The van der Waals surface area contributed by atoms with Crippen LogP contribution >= 0.6 is 0 Å². The molecule has 4 nitrogen and oxygen atoms in total. The molecule has 0 aromatic heterocycles. The van der Waals surface area contributed by atoms with E-state index < -0.39 is 0 Å². The summed E-state index contributed by atoms with van der Waals surface area (Å²) in [5.41, 5.74) is 4.13. The van der Waals surface area contributed by atoms with Crippen LogP contribution in [0.2, 0.25) is 0 Å². The summed E-state index contributed by atoms with van der Waals surface area (Å²) in [6.07, 6.45) is 10.3. The van der Waals surface area contributed by atoms with E-state index >= 15 is 0 Å². The van der Waals surface area contributed by atoms with Crippen molar-refractivity contribution in [3.05, 3.63) is 29.3 Å². The van der Waals surface area contributed by atoms with Gasteiger partial charge < -0.3 is 15.4 Å². The fraction of sp³-hybridized carbons (Fsp3) is 0.640. The van der Waals surface area contributed by atoms with E-state index in [0.29, 0.717) is 5.78 Å². The highest BCUT2D eigenvalue weighted by Crippen LogP contribution is 2.60.